The van der Waals surface area contributed by atoms with Crippen molar-refractivity contribution in [3.05, 3.63) is 0 Å². The Hall–Kier alpha value is 1.51. The van der Waals surface area contributed by atoms with Crippen molar-refractivity contribution < 1.29 is 52.7 Å². The van der Waals surface area contributed by atoms with E-state index in [2.05, 4.69) is 0 Å². The van der Waals surface area contributed by atoms with Crippen molar-refractivity contribution in [1.82, 2.24) is 0 Å². The Labute approximate surface area is 63.0 Å². The van der Waals surface area contributed by atoms with Crippen LogP contribution in [0.25, 0.3) is 0 Å². The molecule has 2 nitrogen and oxygen atoms in total. The summed E-state index contributed by atoms with van der Waals surface area (Å²) in [7, 11) is 0. The minimum absolute atomic E-state index is 0. The molecule has 4 heavy (non-hydrogen) atoms. The van der Waals surface area contributed by atoms with Crippen LogP contribution < -0.4 is 0 Å². The van der Waals surface area contributed by atoms with E-state index in [1.165, 1.54) is 0 Å². The van der Waals surface area contributed by atoms with E-state index in [1.54, 1.807) is 0 Å². The molecule has 0 aliphatic heterocycles. The normalized spacial score (nSPS) is 0. The van der Waals surface area contributed by atoms with Crippen LogP contribution in [0.15, 0.2) is 0 Å². The maximum absolute atomic E-state index is 0. The van der Waals surface area contributed by atoms with Gasteiger partial charge in [-0.25, -0.2) is 0 Å². The molecule has 0 N–H and O–H groups in total. The average molecular weight is 200 g/mol. The quantitative estimate of drug-likeness (QED) is 0.468. The van der Waals surface area contributed by atoms with E-state index in [1.807, 2.05) is 0 Å². The molecular formula is CeO2Si+3. The van der Waals surface area contributed by atoms with Gasteiger partial charge >= 0.3 is 52.7 Å². The van der Waals surface area contributed by atoms with Crippen LogP contribution in [-0.4, -0.2) is 11.0 Å². The molecule has 0 aromatic rings. The summed E-state index contributed by atoms with van der Waals surface area (Å²) in [5.41, 5.74) is 0. The van der Waals surface area contributed by atoms with Crippen molar-refractivity contribution >= 4 is 11.0 Å². The van der Waals surface area contributed by atoms with E-state index >= 15 is 0 Å². The predicted octanol–water partition coefficient (Wildman–Crippen LogP) is -0.618. The van der Waals surface area contributed by atoms with Crippen LogP contribution in [0.5, 0.6) is 0 Å². The molecule has 0 spiro atoms. The van der Waals surface area contributed by atoms with E-state index in [4.69, 9.17) is 0 Å². The minimum atomic E-state index is 0. The van der Waals surface area contributed by atoms with Crippen molar-refractivity contribution in [1.29, 1.82) is 0 Å². The second kappa shape index (κ2) is 24.3. The summed E-state index contributed by atoms with van der Waals surface area (Å²) in [4.78, 5) is 0. The Morgan fingerprint density at radius 1 is 0.750 bits per heavy atom. The molecule has 0 aromatic carbocycles. The van der Waals surface area contributed by atoms with E-state index in [9.17, 15) is 0 Å². The molecule has 0 atom stereocenters. The molecular weight excluding hydrogens is 200 g/mol. The molecule has 0 rings (SSSR count). The monoisotopic (exact) mass is 200 g/mol. The smallest absolute Gasteiger partial charge is 2.00 e. The van der Waals surface area contributed by atoms with Crippen LogP contribution in [0.3, 0.4) is 0 Å². The molecule has 0 saturated heterocycles. The molecule has 0 bridgehead atoms. The van der Waals surface area contributed by atoms with Crippen molar-refractivity contribution in [3.63, 3.8) is 0 Å². The summed E-state index contributed by atoms with van der Waals surface area (Å²) < 4.78 is 0. The van der Waals surface area contributed by atoms with Gasteiger partial charge in [0.15, 0.2) is 0 Å². The zero-order valence-electron chi connectivity index (χ0n) is 1.82. The average Bonchev–Trinajstić information content (AvgIpc) is 0. The maximum atomic E-state index is 0. The Kier molecular flexibility index (Phi) is 298. The van der Waals surface area contributed by atoms with E-state index in [-0.39, 0.29) is 63.7 Å². The van der Waals surface area contributed by atoms with Crippen LogP contribution in [0, 0.1) is 41.7 Å². The SMILES string of the molecule is [Ce+3].[O-2].[O-2].[Si+4]. The summed E-state index contributed by atoms with van der Waals surface area (Å²) in [5.74, 6) is 0. The molecule has 0 aliphatic carbocycles. The summed E-state index contributed by atoms with van der Waals surface area (Å²) in [6, 6.07) is 0. The van der Waals surface area contributed by atoms with Gasteiger partial charge in [0.2, 0.25) is 0 Å². The van der Waals surface area contributed by atoms with Gasteiger partial charge in [-0.1, -0.05) is 0 Å². The third-order valence-electron chi connectivity index (χ3n) is 0. The van der Waals surface area contributed by atoms with Gasteiger partial charge in [0.1, 0.15) is 0 Å². The van der Waals surface area contributed by atoms with Gasteiger partial charge in [-0.15, -0.1) is 0 Å². The van der Waals surface area contributed by atoms with Crippen LogP contribution in [0.4, 0.5) is 0 Å². The second-order valence-corrected chi connectivity index (χ2v) is 0. The fourth-order valence-electron chi connectivity index (χ4n) is 0. The second-order valence-electron chi connectivity index (χ2n) is 0. The van der Waals surface area contributed by atoms with Crippen molar-refractivity contribution in [2.75, 3.05) is 0 Å². The van der Waals surface area contributed by atoms with Crippen LogP contribution >= 0.6 is 0 Å². The van der Waals surface area contributed by atoms with Gasteiger partial charge in [0, 0.05) is 0 Å². The minimum Gasteiger partial charge on any atom is -2.00 e. The maximum Gasteiger partial charge on any atom is 4.00 e. The standard InChI is InChI=1S/Ce.2O.Si/q+3;2*-2;+4. The first-order valence-corrected chi connectivity index (χ1v) is 0. The van der Waals surface area contributed by atoms with E-state index in [0.717, 1.165) is 0 Å². The zero-order valence-corrected chi connectivity index (χ0v) is 5.96. The van der Waals surface area contributed by atoms with Gasteiger partial charge in [-0.2, -0.15) is 0 Å². The fraction of sp³-hybridized carbons (Fsp3) is 0. The zero-order chi connectivity index (χ0) is 0. The van der Waals surface area contributed by atoms with Crippen LogP contribution in [-0.2, 0) is 11.0 Å². The third kappa shape index (κ3) is 9.69. The van der Waals surface area contributed by atoms with E-state index < -0.39 is 0 Å². The fourth-order valence-corrected chi connectivity index (χ4v) is 0. The molecule has 0 unspecified atom stereocenters. The molecule has 1 radical (unpaired) electrons. The number of hydrogen-bond acceptors (Lipinski definition) is 0. The largest absolute Gasteiger partial charge is 4.00 e. The van der Waals surface area contributed by atoms with E-state index in [0.29, 0.717) is 0 Å². The summed E-state index contributed by atoms with van der Waals surface area (Å²) >= 11 is 0. The Bertz CT molecular complexity index is 6.00. The Morgan fingerprint density at radius 3 is 0.750 bits per heavy atom. The Morgan fingerprint density at radius 2 is 0.750 bits per heavy atom. The first kappa shape index (κ1) is 49.0. The third-order valence-corrected chi connectivity index (χ3v) is 0. The van der Waals surface area contributed by atoms with Gasteiger partial charge in [-0.05, 0) is 0 Å². The van der Waals surface area contributed by atoms with Gasteiger partial charge in [0.05, 0.1) is 0 Å². The Balaban J connectivity index is 0. The first-order valence-electron chi connectivity index (χ1n) is 0. The predicted molar refractivity (Wildman–Crippen MR) is 7.13 cm³/mol. The molecule has 17 valence electrons. The number of hydrogen-bond donors (Lipinski definition) is 0. The van der Waals surface area contributed by atoms with Crippen molar-refractivity contribution in [3.8, 4) is 0 Å². The van der Waals surface area contributed by atoms with Crippen molar-refractivity contribution in [2.45, 2.75) is 0 Å². The molecule has 0 heterocycles. The molecule has 4 heteroatoms. The van der Waals surface area contributed by atoms with Gasteiger partial charge in [0.25, 0.3) is 0 Å². The molecule has 0 saturated carbocycles. The first-order chi connectivity index (χ1) is 0. The van der Waals surface area contributed by atoms with Gasteiger partial charge in [-0.3, -0.25) is 0 Å². The number of rotatable bonds is 0. The topological polar surface area (TPSA) is 57.0 Å². The molecule has 0 aromatic heterocycles. The van der Waals surface area contributed by atoms with Crippen LogP contribution in [0.1, 0.15) is 0 Å². The van der Waals surface area contributed by atoms with Crippen LogP contribution in [0.2, 0.25) is 0 Å². The summed E-state index contributed by atoms with van der Waals surface area (Å²) in [5, 5.41) is 0. The summed E-state index contributed by atoms with van der Waals surface area (Å²) in [6.07, 6.45) is 0. The molecule has 0 fully saturated rings. The van der Waals surface area contributed by atoms with Gasteiger partial charge < -0.3 is 11.0 Å². The van der Waals surface area contributed by atoms with Crippen molar-refractivity contribution in [2.24, 2.45) is 0 Å². The molecule has 0 aliphatic rings. The molecule has 0 amide bonds. The summed E-state index contributed by atoms with van der Waals surface area (Å²) in [6.45, 7) is 0.